The van der Waals surface area contributed by atoms with Crippen LogP contribution in [0.15, 0.2) is 0 Å². The molecule has 0 saturated heterocycles. The van der Waals surface area contributed by atoms with Gasteiger partial charge in [0.25, 0.3) is 0 Å². The zero-order valence-electron chi connectivity index (χ0n) is 13.5. The minimum absolute atomic E-state index is 0.822. The van der Waals surface area contributed by atoms with E-state index in [-0.39, 0.29) is 0 Å². The lowest BCUT2D eigenvalue weighted by Crippen LogP contribution is -1.86. The molecule has 0 nitrogen and oxygen atoms in total. The molecule has 20 heavy (non-hydrogen) atoms. The van der Waals surface area contributed by atoms with Crippen molar-refractivity contribution >= 4 is 23.4 Å². The minimum atomic E-state index is 0.822. The van der Waals surface area contributed by atoms with Crippen molar-refractivity contribution in [2.75, 3.05) is 17.4 Å². The number of hydrogen-bond donors (Lipinski definition) is 0. The Morgan fingerprint density at radius 2 is 0.950 bits per heavy atom. The van der Waals surface area contributed by atoms with Gasteiger partial charge in [-0.25, -0.2) is 0 Å². The van der Waals surface area contributed by atoms with E-state index in [2.05, 4.69) is 18.7 Å². The Balaban J connectivity index is 2.89. The van der Waals surface area contributed by atoms with Crippen LogP contribution in [0.4, 0.5) is 0 Å². The van der Waals surface area contributed by atoms with Crippen LogP contribution in [0.2, 0.25) is 0 Å². The smallest absolute Gasteiger partial charge is 0.0231 e. The third kappa shape index (κ3) is 18.6. The molecular formula is C18H36ClS. The molecule has 0 heterocycles. The molecule has 0 saturated carbocycles. The van der Waals surface area contributed by atoms with Crippen molar-refractivity contribution < 1.29 is 0 Å². The van der Waals surface area contributed by atoms with Gasteiger partial charge >= 0.3 is 0 Å². The maximum atomic E-state index is 5.65. The fraction of sp³-hybridized carbons (Fsp3) is 0.944. The average molecular weight is 320 g/mol. The number of rotatable bonds is 17. The van der Waals surface area contributed by atoms with Gasteiger partial charge in [0.1, 0.15) is 0 Å². The highest BCUT2D eigenvalue weighted by Crippen LogP contribution is 2.13. The molecule has 0 aliphatic carbocycles. The molecule has 0 fully saturated rings. The van der Waals surface area contributed by atoms with Gasteiger partial charge in [-0.05, 0) is 24.3 Å². The van der Waals surface area contributed by atoms with Crippen molar-refractivity contribution in [1.29, 1.82) is 0 Å². The summed E-state index contributed by atoms with van der Waals surface area (Å²) >= 11 is 7.72. The quantitative estimate of drug-likeness (QED) is 0.201. The molecule has 0 aromatic heterocycles. The summed E-state index contributed by atoms with van der Waals surface area (Å²) < 4.78 is 0. The Labute approximate surface area is 137 Å². The maximum absolute atomic E-state index is 5.65. The Morgan fingerprint density at radius 1 is 0.550 bits per heavy atom. The molecule has 0 atom stereocenters. The summed E-state index contributed by atoms with van der Waals surface area (Å²) in [5.41, 5.74) is 0. The van der Waals surface area contributed by atoms with Crippen LogP contribution < -0.4 is 0 Å². The topological polar surface area (TPSA) is 0 Å². The Morgan fingerprint density at radius 3 is 1.40 bits per heavy atom. The zero-order chi connectivity index (χ0) is 14.7. The van der Waals surface area contributed by atoms with Gasteiger partial charge in [0.05, 0.1) is 0 Å². The molecule has 0 aromatic carbocycles. The summed E-state index contributed by atoms with van der Waals surface area (Å²) in [4.78, 5) is 0. The molecule has 0 spiro atoms. The lowest BCUT2D eigenvalue weighted by Gasteiger charge is -2.03. The minimum Gasteiger partial charge on any atom is -0.162 e. The van der Waals surface area contributed by atoms with Crippen molar-refractivity contribution in [2.45, 2.75) is 89.9 Å². The average Bonchev–Trinajstić information content (AvgIpc) is 2.47. The van der Waals surface area contributed by atoms with Crippen LogP contribution in [0, 0.1) is 6.92 Å². The van der Waals surface area contributed by atoms with Crippen LogP contribution in [0.1, 0.15) is 89.9 Å². The van der Waals surface area contributed by atoms with Gasteiger partial charge in [-0.1, -0.05) is 84.0 Å². The van der Waals surface area contributed by atoms with E-state index in [0.29, 0.717) is 0 Å². The van der Waals surface area contributed by atoms with Crippen molar-refractivity contribution in [1.82, 2.24) is 0 Å². The van der Waals surface area contributed by atoms with Crippen molar-refractivity contribution in [3.8, 4) is 0 Å². The molecule has 0 aliphatic heterocycles. The van der Waals surface area contributed by atoms with Gasteiger partial charge in [0, 0.05) is 5.88 Å². The van der Waals surface area contributed by atoms with Crippen LogP contribution in [-0.4, -0.2) is 17.4 Å². The first-order valence-corrected chi connectivity index (χ1v) is 10.5. The third-order valence-electron chi connectivity index (χ3n) is 3.71. The largest absolute Gasteiger partial charge is 0.162 e. The van der Waals surface area contributed by atoms with E-state index < -0.39 is 0 Å². The van der Waals surface area contributed by atoms with Crippen LogP contribution >= 0.6 is 23.4 Å². The molecule has 0 bridgehead atoms. The SMILES string of the molecule is [CH2]CCCCCCCCCCCCCCSCCCCl. The lowest BCUT2D eigenvalue weighted by atomic mass is 10.1. The molecule has 0 aliphatic rings. The van der Waals surface area contributed by atoms with Crippen LogP contribution in [0.5, 0.6) is 0 Å². The summed E-state index contributed by atoms with van der Waals surface area (Å²) in [5.74, 6) is 3.41. The molecular weight excluding hydrogens is 284 g/mol. The van der Waals surface area contributed by atoms with E-state index in [1.807, 2.05) is 0 Å². The molecule has 1 radical (unpaired) electrons. The number of unbranched alkanes of at least 4 members (excludes halogenated alkanes) is 12. The Hall–Kier alpha value is 0.640. The van der Waals surface area contributed by atoms with Gasteiger partial charge < -0.3 is 0 Å². The first-order chi connectivity index (χ1) is 9.91. The van der Waals surface area contributed by atoms with Gasteiger partial charge in [-0.2, -0.15) is 11.8 Å². The molecule has 0 amide bonds. The highest BCUT2D eigenvalue weighted by atomic mass is 35.5. The molecule has 2 heteroatoms. The first-order valence-electron chi connectivity index (χ1n) is 8.84. The van der Waals surface area contributed by atoms with E-state index in [4.69, 9.17) is 11.6 Å². The molecule has 0 unspecified atom stereocenters. The normalized spacial score (nSPS) is 11.1. The summed E-state index contributed by atoms with van der Waals surface area (Å²) in [6, 6.07) is 0. The van der Waals surface area contributed by atoms with Crippen molar-refractivity contribution in [3.05, 3.63) is 6.92 Å². The van der Waals surface area contributed by atoms with E-state index >= 15 is 0 Å². The molecule has 121 valence electrons. The number of alkyl halides is 1. The number of thioether (sulfide) groups is 1. The fourth-order valence-electron chi connectivity index (χ4n) is 2.41. The van der Waals surface area contributed by atoms with Crippen molar-refractivity contribution in [2.24, 2.45) is 0 Å². The maximum Gasteiger partial charge on any atom is 0.0231 e. The standard InChI is InChI=1S/C18H36ClS/c1-2-3-4-5-6-7-8-9-10-11-12-13-14-17-20-18-15-16-19/h1-18H2. The summed E-state index contributed by atoms with van der Waals surface area (Å²) in [5, 5.41) is 0. The van der Waals surface area contributed by atoms with E-state index in [1.54, 1.807) is 0 Å². The predicted octanol–water partition coefficient (Wildman–Crippen LogP) is 7.25. The Bertz CT molecular complexity index is 143. The van der Waals surface area contributed by atoms with Gasteiger partial charge in [-0.15, -0.1) is 11.6 Å². The van der Waals surface area contributed by atoms with Gasteiger partial charge in [-0.3, -0.25) is 0 Å². The second-order valence-electron chi connectivity index (χ2n) is 5.75. The van der Waals surface area contributed by atoms with Crippen LogP contribution in [0.3, 0.4) is 0 Å². The van der Waals surface area contributed by atoms with Crippen LogP contribution in [0.25, 0.3) is 0 Å². The number of hydrogen-bond acceptors (Lipinski definition) is 1. The molecule has 0 rings (SSSR count). The van der Waals surface area contributed by atoms with E-state index in [9.17, 15) is 0 Å². The number of halogens is 1. The van der Waals surface area contributed by atoms with Crippen molar-refractivity contribution in [3.63, 3.8) is 0 Å². The lowest BCUT2D eigenvalue weighted by molar-refractivity contribution is 0.545. The van der Waals surface area contributed by atoms with Gasteiger partial charge in [0.15, 0.2) is 0 Å². The predicted molar refractivity (Wildman–Crippen MR) is 98.0 cm³/mol. The van der Waals surface area contributed by atoms with E-state index in [1.165, 1.54) is 95.0 Å². The fourth-order valence-corrected chi connectivity index (χ4v) is 3.66. The Kier molecular flexibility index (Phi) is 20.3. The summed E-state index contributed by atoms with van der Waals surface area (Å²) in [6.45, 7) is 3.89. The molecule has 0 N–H and O–H groups in total. The molecule has 0 aromatic rings. The highest BCUT2D eigenvalue weighted by molar-refractivity contribution is 7.99. The third-order valence-corrected chi connectivity index (χ3v) is 5.13. The first kappa shape index (κ1) is 20.6. The zero-order valence-corrected chi connectivity index (χ0v) is 15.1. The summed E-state index contributed by atoms with van der Waals surface area (Å²) in [6.07, 6.45) is 19.4. The van der Waals surface area contributed by atoms with Crippen LogP contribution in [-0.2, 0) is 0 Å². The second-order valence-corrected chi connectivity index (χ2v) is 7.35. The highest BCUT2D eigenvalue weighted by Gasteiger charge is 1.94. The second kappa shape index (κ2) is 19.6. The van der Waals surface area contributed by atoms with Gasteiger partial charge in [0.2, 0.25) is 0 Å². The van der Waals surface area contributed by atoms with E-state index in [0.717, 1.165) is 12.3 Å². The summed E-state index contributed by atoms with van der Waals surface area (Å²) in [7, 11) is 0. The monoisotopic (exact) mass is 319 g/mol.